The molecule has 142 valence electrons. The Morgan fingerprint density at radius 2 is 1.85 bits per heavy atom. The fourth-order valence-electron chi connectivity index (χ4n) is 2.46. The third-order valence-electron chi connectivity index (χ3n) is 4.06. The first-order valence-corrected chi connectivity index (χ1v) is 10.3. The minimum absolute atomic E-state index is 0.0371. The van der Waals surface area contributed by atoms with Gasteiger partial charge in [0.05, 0.1) is 16.3 Å². The zero-order valence-corrected chi connectivity index (χ0v) is 16.5. The summed E-state index contributed by atoms with van der Waals surface area (Å²) in [6.45, 7) is 8.41. The molecule has 7 heteroatoms. The summed E-state index contributed by atoms with van der Waals surface area (Å²) in [4.78, 5) is 12.1. The standard InChI is InChI=1S/C19H26N2O4S/c1-14-13-16(21-25-14)9-11-20-18(22)10-12-26(23,24)17-7-5-15(6-8-17)19(2,3)4/h5-8,13H,9-12H2,1-4H3,(H,20,22). The van der Waals surface area contributed by atoms with E-state index in [0.29, 0.717) is 13.0 Å². The number of nitrogens with zero attached hydrogens (tertiary/aromatic N) is 1. The maximum atomic E-state index is 12.4. The van der Waals surface area contributed by atoms with E-state index in [-0.39, 0.29) is 28.4 Å². The Kier molecular flexibility index (Phi) is 6.23. The molecule has 0 aliphatic rings. The second-order valence-electron chi connectivity index (χ2n) is 7.37. The van der Waals surface area contributed by atoms with E-state index in [9.17, 15) is 13.2 Å². The lowest BCUT2D eigenvalue weighted by molar-refractivity contribution is -0.120. The van der Waals surface area contributed by atoms with Crippen molar-refractivity contribution in [2.75, 3.05) is 12.3 Å². The molecule has 0 unspecified atom stereocenters. The van der Waals surface area contributed by atoms with Crippen LogP contribution in [0.15, 0.2) is 39.8 Å². The normalized spacial score (nSPS) is 12.2. The number of benzene rings is 1. The van der Waals surface area contributed by atoms with Crippen LogP contribution in [0.1, 0.15) is 44.2 Å². The predicted octanol–water partition coefficient (Wildman–Crippen LogP) is 2.80. The second-order valence-corrected chi connectivity index (χ2v) is 9.48. The van der Waals surface area contributed by atoms with Gasteiger partial charge in [0.2, 0.25) is 5.91 Å². The number of hydrogen-bond donors (Lipinski definition) is 1. The van der Waals surface area contributed by atoms with Gasteiger partial charge in [-0.1, -0.05) is 38.1 Å². The van der Waals surface area contributed by atoms with Crippen LogP contribution in [0, 0.1) is 6.92 Å². The smallest absolute Gasteiger partial charge is 0.221 e. The molecule has 0 bridgehead atoms. The maximum Gasteiger partial charge on any atom is 0.221 e. The summed E-state index contributed by atoms with van der Waals surface area (Å²) < 4.78 is 29.7. The molecule has 2 rings (SSSR count). The SMILES string of the molecule is Cc1cc(CCNC(=O)CCS(=O)(=O)c2ccc(C(C)(C)C)cc2)no1. The first-order chi connectivity index (χ1) is 12.1. The van der Waals surface area contributed by atoms with Crippen molar-refractivity contribution in [2.45, 2.75) is 50.8 Å². The molecule has 2 aromatic rings. The van der Waals surface area contributed by atoms with Gasteiger partial charge < -0.3 is 9.84 Å². The first-order valence-electron chi connectivity index (χ1n) is 8.60. The summed E-state index contributed by atoms with van der Waals surface area (Å²) in [5, 5.41) is 6.55. The average molecular weight is 378 g/mol. The number of rotatable bonds is 7. The summed E-state index contributed by atoms with van der Waals surface area (Å²) in [5.41, 5.74) is 1.79. The number of carbonyl (C=O) groups excluding carboxylic acids is 1. The van der Waals surface area contributed by atoms with Crippen molar-refractivity contribution in [1.29, 1.82) is 0 Å². The number of hydrogen-bond acceptors (Lipinski definition) is 5. The molecule has 0 spiro atoms. The molecule has 6 nitrogen and oxygen atoms in total. The molecular weight excluding hydrogens is 352 g/mol. The maximum absolute atomic E-state index is 12.4. The topological polar surface area (TPSA) is 89.3 Å². The fraction of sp³-hybridized carbons (Fsp3) is 0.474. The Morgan fingerprint density at radius 3 is 2.38 bits per heavy atom. The summed E-state index contributed by atoms with van der Waals surface area (Å²) in [6, 6.07) is 8.68. The van der Waals surface area contributed by atoms with E-state index in [1.165, 1.54) is 0 Å². The van der Waals surface area contributed by atoms with Crippen LogP contribution >= 0.6 is 0 Å². The van der Waals surface area contributed by atoms with Crippen molar-refractivity contribution in [2.24, 2.45) is 0 Å². The van der Waals surface area contributed by atoms with Gasteiger partial charge in [-0.25, -0.2) is 8.42 Å². The minimum atomic E-state index is -3.48. The van der Waals surface area contributed by atoms with Crippen molar-refractivity contribution >= 4 is 15.7 Å². The van der Waals surface area contributed by atoms with Crippen LogP contribution in [0.2, 0.25) is 0 Å². The van der Waals surface area contributed by atoms with E-state index < -0.39 is 9.84 Å². The number of aromatic nitrogens is 1. The van der Waals surface area contributed by atoms with Crippen molar-refractivity contribution in [3.8, 4) is 0 Å². The third-order valence-corrected chi connectivity index (χ3v) is 5.79. The summed E-state index contributed by atoms with van der Waals surface area (Å²) >= 11 is 0. The molecule has 1 heterocycles. The molecule has 0 saturated heterocycles. The third kappa shape index (κ3) is 5.69. The number of sulfone groups is 1. The van der Waals surface area contributed by atoms with E-state index >= 15 is 0 Å². The van der Waals surface area contributed by atoms with Gasteiger partial charge in [0, 0.05) is 25.5 Å². The highest BCUT2D eigenvalue weighted by atomic mass is 32.2. The minimum Gasteiger partial charge on any atom is -0.361 e. The summed E-state index contributed by atoms with van der Waals surface area (Å²) in [5.74, 6) is 0.214. The lowest BCUT2D eigenvalue weighted by Gasteiger charge is -2.19. The Hall–Kier alpha value is -2.15. The molecule has 26 heavy (non-hydrogen) atoms. The molecule has 0 fully saturated rings. The fourth-order valence-corrected chi connectivity index (χ4v) is 3.70. The van der Waals surface area contributed by atoms with Gasteiger partial charge in [0.15, 0.2) is 9.84 Å². The van der Waals surface area contributed by atoms with Crippen LogP contribution in [0.25, 0.3) is 0 Å². The monoisotopic (exact) mass is 378 g/mol. The highest BCUT2D eigenvalue weighted by molar-refractivity contribution is 7.91. The van der Waals surface area contributed by atoms with E-state index in [4.69, 9.17) is 4.52 Å². The van der Waals surface area contributed by atoms with Crippen LogP contribution in [0.3, 0.4) is 0 Å². The van der Waals surface area contributed by atoms with E-state index in [0.717, 1.165) is 17.0 Å². The Bertz CT molecular complexity index is 846. The van der Waals surface area contributed by atoms with Crippen LogP contribution in [0.5, 0.6) is 0 Å². The van der Waals surface area contributed by atoms with Crippen LogP contribution in [0.4, 0.5) is 0 Å². The zero-order chi connectivity index (χ0) is 19.4. The lowest BCUT2D eigenvalue weighted by Crippen LogP contribution is -2.27. The Morgan fingerprint density at radius 1 is 1.19 bits per heavy atom. The summed E-state index contributed by atoms with van der Waals surface area (Å²) in [6.07, 6.45) is 0.477. The van der Waals surface area contributed by atoms with Gasteiger partial charge in [0.1, 0.15) is 5.76 Å². The molecule has 0 saturated carbocycles. The summed E-state index contributed by atoms with van der Waals surface area (Å²) in [7, 11) is -3.48. The highest BCUT2D eigenvalue weighted by Gasteiger charge is 2.19. The van der Waals surface area contributed by atoms with Gasteiger partial charge in [-0.3, -0.25) is 4.79 Å². The van der Waals surface area contributed by atoms with Crippen LogP contribution in [-0.2, 0) is 26.5 Å². The number of amides is 1. The Labute approximate surface area is 154 Å². The van der Waals surface area contributed by atoms with Gasteiger partial charge >= 0.3 is 0 Å². The van der Waals surface area contributed by atoms with Gasteiger partial charge in [-0.2, -0.15) is 0 Å². The van der Waals surface area contributed by atoms with Crippen molar-refractivity contribution in [3.63, 3.8) is 0 Å². The molecule has 0 radical (unpaired) electrons. The second kappa shape index (κ2) is 8.03. The zero-order valence-electron chi connectivity index (χ0n) is 15.7. The van der Waals surface area contributed by atoms with Gasteiger partial charge in [-0.15, -0.1) is 0 Å². The van der Waals surface area contributed by atoms with Crippen LogP contribution < -0.4 is 5.32 Å². The molecule has 0 atom stereocenters. The van der Waals surface area contributed by atoms with E-state index in [1.807, 2.05) is 12.1 Å². The van der Waals surface area contributed by atoms with E-state index in [2.05, 4.69) is 31.2 Å². The molecule has 0 aliphatic carbocycles. The highest BCUT2D eigenvalue weighted by Crippen LogP contribution is 2.23. The number of nitrogens with one attached hydrogen (secondary N) is 1. The van der Waals surface area contributed by atoms with Crippen molar-refractivity contribution in [1.82, 2.24) is 10.5 Å². The quantitative estimate of drug-likeness (QED) is 0.800. The number of carbonyl (C=O) groups is 1. The van der Waals surface area contributed by atoms with Gasteiger partial charge in [-0.05, 0) is 30.0 Å². The number of aryl methyl sites for hydroxylation is 1. The Balaban J connectivity index is 1.84. The molecule has 0 aliphatic heterocycles. The van der Waals surface area contributed by atoms with Crippen LogP contribution in [-0.4, -0.2) is 31.8 Å². The molecule has 1 N–H and O–H groups in total. The van der Waals surface area contributed by atoms with Gasteiger partial charge in [0.25, 0.3) is 0 Å². The van der Waals surface area contributed by atoms with E-state index in [1.54, 1.807) is 25.1 Å². The predicted molar refractivity (Wildman–Crippen MR) is 99.8 cm³/mol. The molecule has 1 aromatic heterocycles. The largest absolute Gasteiger partial charge is 0.361 e. The van der Waals surface area contributed by atoms with Crippen molar-refractivity contribution in [3.05, 3.63) is 47.3 Å². The molecule has 1 aromatic carbocycles. The molecule has 1 amide bonds. The lowest BCUT2D eigenvalue weighted by atomic mass is 9.87. The van der Waals surface area contributed by atoms with Crippen molar-refractivity contribution < 1.29 is 17.7 Å². The first kappa shape index (κ1) is 20.2. The molecular formula is C19H26N2O4S. The average Bonchev–Trinajstić information content (AvgIpc) is 2.98.